The molecule has 0 spiro atoms. The maximum absolute atomic E-state index is 16.7. The van der Waals surface area contributed by atoms with Gasteiger partial charge in [-0.2, -0.15) is 0 Å². The van der Waals surface area contributed by atoms with Crippen LogP contribution in [0.4, 0.5) is 4.39 Å². The zero-order valence-electron chi connectivity index (χ0n) is 29.8. The van der Waals surface area contributed by atoms with Crippen molar-refractivity contribution in [3.05, 3.63) is 0 Å². The molecular formula is C35H53FN2O10. The Labute approximate surface area is 283 Å². The number of carbonyl (C=O) groups is 4. The van der Waals surface area contributed by atoms with Crippen LogP contribution in [0.3, 0.4) is 0 Å². The monoisotopic (exact) mass is 680 g/mol. The molecule has 0 aromatic heterocycles. The number of cyclic esters (lactones) is 1. The normalized spacial score (nSPS) is 47.2. The zero-order chi connectivity index (χ0) is 36.1. The van der Waals surface area contributed by atoms with Crippen molar-refractivity contribution in [3.8, 4) is 12.3 Å². The summed E-state index contributed by atoms with van der Waals surface area (Å²) in [6.07, 6.45) is 0.840. The molecule has 0 amide bonds. The minimum atomic E-state index is -3.17. The second kappa shape index (κ2) is 13.7. The Morgan fingerprint density at radius 2 is 1.75 bits per heavy atom. The lowest BCUT2D eigenvalue weighted by molar-refractivity contribution is -0.296. The van der Waals surface area contributed by atoms with E-state index < -0.39 is 88.4 Å². The van der Waals surface area contributed by atoms with Gasteiger partial charge in [-0.25, -0.2) is 9.18 Å². The highest BCUT2D eigenvalue weighted by Gasteiger charge is 2.69. The van der Waals surface area contributed by atoms with E-state index in [0.717, 1.165) is 6.92 Å². The Bertz CT molecular complexity index is 1320. The summed E-state index contributed by atoms with van der Waals surface area (Å²) in [5.41, 5.74) is -7.40. The van der Waals surface area contributed by atoms with Crippen LogP contribution < -0.4 is 5.32 Å². The number of hydrogen-bond acceptors (Lipinski definition) is 12. The molecule has 0 saturated carbocycles. The molecule has 0 bridgehead atoms. The quantitative estimate of drug-likeness (QED) is 0.240. The van der Waals surface area contributed by atoms with Gasteiger partial charge in [-0.3, -0.25) is 14.4 Å². The number of Topliss-reactive ketones (excluding diaryl/α,β-unsaturated/α-hetero) is 2. The molecule has 4 heterocycles. The average molecular weight is 681 g/mol. The van der Waals surface area contributed by atoms with Crippen LogP contribution in [0, 0.1) is 35.5 Å². The Kier molecular flexibility index (Phi) is 10.9. The van der Waals surface area contributed by atoms with Crippen molar-refractivity contribution in [2.24, 2.45) is 23.2 Å². The predicted molar refractivity (Wildman–Crippen MR) is 171 cm³/mol. The number of likely N-dealkylation sites (N-methyl/N-ethyl adjacent to an activating group) is 1. The van der Waals surface area contributed by atoms with Crippen LogP contribution in [-0.2, 0) is 42.9 Å². The summed E-state index contributed by atoms with van der Waals surface area (Å²) in [6, 6.07) is -1.24. The molecular weight excluding hydrogens is 627 g/mol. The summed E-state index contributed by atoms with van der Waals surface area (Å²) in [5.74, 6) is -3.98. The standard InChI is InChI=1S/C35H53FN2O10/c1-12-14-44-33(7)16-18(3)26(40)32(6)17-37-23-25(32)35(9,48-29(23)42)22(13-2)46-31(43)34(8,36)27(41)20(5)28(33)47-30-24(39)21(38(10)11)15-19(4)45-30/h1,18-25,28,30,37,39H,13-17H2,2-11H3/t18-,19-,20+,21+,22+,23?,24-,25?,28-,30+,32?,33+,34+,35-/m1/s1. The van der Waals surface area contributed by atoms with Gasteiger partial charge in [-0.15, -0.1) is 6.42 Å². The molecule has 12 nitrogen and oxygen atoms in total. The molecule has 4 rings (SSSR count). The van der Waals surface area contributed by atoms with E-state index in [1.54, 1.807) is 34.6 Å². The maximum Gasteiger partial charge on any atom is 0.351 e. The Morgan fingerprint density at radius 1 is 1.10 bits per heavy atom. The largest absolute Gasteiger partial charge is 0.455 e. The molecule has 14 atom stereocenters. The number of rotatable bonds is 6. The molecule has 0 aliphatic carbocycles. The Morgan fingerprint density at radius 3 is 2.33 bits per heavy atom. The first-order valence-electron chi connectivity index (χ1n) is 16.9. The van der Waals surface area contributed by atoms with Gasteiger partial charge in [-0.1, -0.05) is 33.6 Å². The highest BCUT2D eigenvalue weighted by Crippen LogP contribution is 2.53. The van der Waals surface area contributed by atoms with Crippen LogP contribution in [-0.4, -0.2) is 120 Å². The van der Waals surface area contributed by atoms with Crippen LogP contribution in [0.25, 0.3) is 0 Å². The summed E-state index contributed by atoms with van der Waals surface area (Å²) in [7, 11) is 3.62. The van der Waals surface area contributed by atoms with E-state index in [9.17, 15) is 24.3 Å². The molecule has 3 unspecified atom stereocenters. The summed E-state index contributed by atoms with van der Waals surface area (Å²) >= 11 is 0. The van der Waals surface area contributed by atoms with Gasteiger partial charge in [0.25, 0.3) is 5.67 Å². The van der Waals surface area contributed by atoms with Gasteiger partial charge >= 0.3 is 11.9 Å². The van der Waals surface area contributed by atoms with Gasteiger partial charge in [0.05, 0.1) is 17.8 Å². The fourth-order valence-corrected chi connectivity index (χ4v) is 8.78. The number of ether oxygens (including phenoxy) is 5. The number of nitrogens with one attached hydrogen (secondary N) is 1. The van der Waals surface area contributed by atoms with Crippen LogP contribution in [0.2, 0.25) is 0 Å². The molecule has 4 aliphatic rings. The molecule has 4 saturated heterocycles. The lowest BCUT2D eigenvalue weighted by Crippen LogP contribution is -2.61. The van der Waals surface area contributed by atoms with Gasteiger partial charge in [-0.05, 0) is 61.1 Å². The van der Waals surface area contributed by atoms with Crippen molar-refractivity contribution < 1.29 is 52.4 Å². The minimum absolute atomic E-state index is 0.0472. The van der Waals surface area contributed by atoms with E-state index in [0.29, 0.717) is 6.42 Å². The fraction of sp³-hybridized carbons (Fsp3) is 0.829. The summed E-state index contributed by atoms with van der Waals surface area (Å²) in [4.78, 5) is 57.4. The number of esters is 2. The molecule has 4 aliphatic heterocycles. The predicted octanol–water partition coefficient (Wildman–Crippen LogP) is 1.98. The summed E-state index contributed by atoms with van der Waals surface area (Å²) in [6.45, 7) is 12.3. The molecule has 0 aromatic rings. The second-order valence-corrected chi connectivity index (χ2v) is 15.2. The third-order valence-corrected chi connectivity index (χ3v) is 11.2. The first-order chi connectivity index (χ1) is 22.2. The number of aliphatic hydroxyl groups excluding tert-OH is 1. The zero-order valence-corrected chi connectivity index (χ0v) is 29.8. The first kappa shape index (κ1) is 38.3. The highest BCUT2D eigenvalue weighted by molar-refractivity contribution is 6.08. The number of hydrogen-bond donors (Lipinski definition) is 2. The minimum Gasteiger partial charge on any atom is -0.455 e. The van der Waals surface area contributed by atoms with Gasteiger partial charge in [0.1, 0.15) is 30.6 Å². The summed E-state index contributed by atoms with van der Waals surface area (Å²) < 4.78 is 47.0. The number of aliphatic hydroxyl groups is 1. The van der Waals surface area contributed by atoms with Crippen molar-refractivity contribution >= 4 is 23.5 Å². The molecule has 4 fully saturated rings. The van der Waals surface area contributed by atoms with E-state index in [-0.39, 0.29) is 43.9 Å². The highest BCUT2D eigenvalue weighted by atomic mass is 19.1. The summed E-state index contributed by atoms with van der Waals surface area (Å²) in [5, 5.41) is 14.5. The molecule has 48 heavy (non-hydrogen) atoms. The first-order valence-corrected chi connectivity index (χ1v) is 16.9. The number of alkyl halides is 1. The number of carbonyl (C=O) groups excluding carboxylic acids is 4. The van der Waals surface area contributed by atoms with Crippen molar-refractivity contribution in [3.63, 3.8) is 0 Å². The van der Waals surface area contributed by atoms with E-state index in [2.05, 4.69) is 11.2 Å². The molecule has 2 N–H and O–H groups in total. The van der Waals surface area contributed by atoms with Gasteiger partial charge < -0.3 is 39.0 Å². The fourth-order valence-electron chi connectivity index (χ4n) is 8.78. The van der Waals surface area contributed by atoms with E-state index in [1.165, 1.54) is 6.92 Å². The Balaban J connectivity index is 1.88. The van der Waals surface area contributed by atoms with Crippen LogP contribution in [0.5, 0.6) is 0 Å². The van der Waals surface area contributed by atoms with Crippen LogP contribution in [0.15, 0.2) is 0 Å². The van der Waals surface area contributed by atoms with Crippen molar-refractivity contribution in [1.82, 2.24) is 10.2 Å². The smallest absolute Gasteiger partial charge is 0.351 e. The van der Waals surface area contributed by atoms with E-state index in [4.69, 9.17) is 30.1 Å². The topological polar surface area (TPSA) is 150 Å². The number of ketones is 2. The number of terminal acetylenes is 1. The third-order valence-electron chi connectivity index (χ3n) is 11.2. The lowest BCUT2D eigenvalue weighted by atomic mass is 9.62. The molecule has 270 valence electrons. The lowest BCUT2D eigenvalue weighted by Gasteiger charge is -2.48. The molecule has 0 radical (unpaired) electrons. The Hall–Kier alpha value is -2.47. The van der Waals surface area contributed by atoms with E-state index in [1.807, 2.05) is 25.9 Å². The van der Waals surface area contributed by atoms with Crippen LogP contribution in [0.1, 0.15) is 74.7 Å². The van der Waals surface area contributed by atoms with Crippen molar-refractivity contribution in [1.29, 1.82) is 0 Å². The number of nitrogens with zero attached hydrogens (tertiary/aromatic N) is 1. The van der Waals surface area contributed by atoms with Crippen LogP contribution >= 0.6 is 0 Å². The SMILES string of the molecule is C#CCO[C@@]1(C)C[C@@H](C)C(=O)C2(C)CNC3C(=O)O[C@@](C)(C32)[C@H](CC)OC(=O)[C@@](C)(F)C(=O)[C@H](C)[C@H]1O[C@@H]1O[C@H](C)C[C@H](N(C)C)[C@H]1O. The number of halogens is 1. The maximum atomic E-state index is 16.7. The van der Waals surface area contributed by atoms with Gasteiger partial charge in [0, 0.05) is 35.8 Å². The van der Waals surface area contributed by atoms with Gasteiger partial charge in [0.15, 0.2) is 17.7 Å². The third kappa shape index (κ3) is 6.44. The second-order valence-electron chi connectivity index (χ2n) is 15.2. The average Bonchev–Trinajstić information content (AvgIpc) is 3.52. The molecule has 13 heteroatoms. The van der Waals surface area contributed by atoms with E-state index >= 15 is 4.39 Å². The van der Waals surface area contributed by atoms with Crippen molar-refractivity contribution in [2.75, 3.05) is 27.2 Å². The van der Waals surface area contributed by atoms with Crippen molar-refractivity contribution in [2.45, 2.75) is 134 Å². The van der Waals surface area contributed by atoms with Gasteiger partial charge in [0.2, 0.25) is 0 Å². The molecule has 0 aromatic carbocycles.